The van der Waals surface area contributed by atoms with Crippen LogP contribution in [0.2, 0.25) is 0 Å². The first kappa shape index (κ1) is 14.6. The average molecular weight is 300 g/mol. The summed E-state index contributed by atoms with van der Waals surface area (Å²) in [7, 11) is 0. The van der Waals surface area contributed by atoms with Crippen LogP contribution in [0.4, 0.5) is 5.95 Å². The Hall–Kier alpha value is -2.37. The summed E-state index contributed by atoms with van der Waals surface area (Å²) in [5.74, 6) is 1.65. The summed E-state index contributed by atoms with van der Waals surface area (Å²) in [5.41, 5.74) is 0. The topological polar surface area (TPSA) is 71.3 Å². The van der Waals surface area contributed by atoms with Crippen LogP contribution in [-0.4, -0.2) is 35.0 Å². The fraction of sp³-hybridized carbons (Fsp3) is 0.438. The summed E-state index contributed by atoms with van der Waals surface area (Å²) >= 11 is 0. The van der Waals surface area contributed by atoms with Crippen molar-refractivity contribution in [2.45, 2.75) is 31.7 Å². The highest BCUT2D eigenvalue weighted by Crippen LogP contribution is 2.15. The second-order valence-electron chi connectivity index (χ2n) is 5.48. The number of carbonyl (C=O) groups excluding carboxylic acids is 1. The van der Waals surface area contributed by atoms with Crippen molar-refractivity contribution in [3.63, 3.8) is 0 Å². The molecule has 1 saturated heterocycles. The first-order valence-electron chi connectivity index (χ1n) is 7.65. The normalized spacial score (nSPS) is 18.2. The maximum absolute atomic E-state index is 12.0. The molecule has 6 nitrogen and oxygen atoms in total. The van der Waals surface area contributed by atoms with Crippen molar-refractivity contribution in [2.75, 3.05) is 18.0 Å². The van der Waals surface area contributed by atoms with Crippen LogP contribution >= 0.6 is 0 Å². The van der Waals surface area contributed by atoms with Gasteiger partial charge in [-0.1, -0.05) is 0 Å². The fourth-order valence-electron chi connectivity index (χ4n) is 2.72. The number of aryl methyl sites for hydroxylation is 1. The number of carbonyl (C=O) groups is 1. The number of nitrogens with one attached hydrogen (secondary N) is 1. The van der Waals surface area contributed by atoms with E-state index in [1.54, 1.807) is 24.7 Å². The summed E-state index contributed by atoms with van der Waals surface area (Å²) < 4.78 is 5.24. The number of piperidine rings is 1. The van der Waals surface area contributed by atoms with Crippen LogP contribution in [0.25, 0.3) is 0 Å². The van der Waals surface area contributed by atoms with Gasteiger partial charge in [-0.2, -0.15) is 0 Å². The molecule has 1 amide bonds. The molecule has 3 rings (SSSR count). The number of furan rings is 1. The van der Waals surface area contributed by atoms with Crippen molar-refractivity contribution in [1.82, 2.24) is 15.3 Å². The Labute approximate surface area is 129 Å². The number of hydrogen-bond acceptors (Lipinski definition) is 5. The minimum absolute atomic E-state index is 0.0669. The molecular weight excluding hydrogens is 280 g/mol. The molecule has 0 spiro atoms. The van der Waals surface area contributed by atoms with E-state index in [0.717, 1.165) is 37.6 Å². The predicted molar refractivity (Wildman–Crippen MR) is 82.4 cm³/mol. The molecule has 6 heteroatoms. The van der Waals surface area contributed by atoms with E-state index >= 15 is 0 Å². The van der Waals surface area contributed by atoms with E-state index in [-0.39, 0.29) is 11.9 Å². The molecule has 1 fully saturated rings. The van der Waals surface area contributed by atoms with Gasteiger partial charge in [0.2, 0.25) is 11.9 Å². The zero-order chi connectivity index (χ0) is 15.2. The van der Waals surface area contributed by atoms with Gasteiger partial charge in [-0.15, -0.1) is 0 Å². The SMILES string of the molecule is O=C(CCc1ccco1)NC1CCCN(c2ncccn2)C1. The van der Waals surface area contributed by atoms with Crippen LogP contribution in [0, 0.1) is 0 Å². The van der Waals surface area contributed by atoms with Crippen molar-refractivity contribution in [1.29, 1.82) is 0 Å². The lowest BCUT2D eigenvalue weighted by molar-refractivity contribution is -0.121. The lowest BCUT2D eigenvalue weighted by atomic mass is 10.1. The van der Waals surface area contributed by atoms with Gasteiger partial charge in [0, 0.05) is 44.4 Å². The largest absolute Gasteiger partial charge is 0.469 e. The maximum Gasteiger partial charge on any atom is 0.225 e. The highest BCUT2D eigenvalue weighted by molar-refractivity contribution is 5.76. The summed E-state index contributed by atoms with van der Waals surface area (Å²) in [4.78, 5) is 22.7. The van der Waals surface area contributed by atoms with E-state index < -0.39 is 0 Å². The molecule has 2 aromatic rings. The minimum Gasteiger partial charge on any atom is -0.469 e. The number of amides is 1. The van der Waals surface area contributed by atoms with Gasteiger partial charge >= 0.3 is 0 Å². The molecular formula is C16H20N4O2. The van der Waals surface area contributed by atoms with Gasteiger partial charge in [0.25, 0.3) is 0 Å². The third-order valence-electron chi connectivity index (χ3n) is 3.80. The van der Waals surface area contributed by atoms with Crippen LogP contribution in [0.5, 0.6) is 0 Å². The summed E-state index contributed by atoms with van der Waals surface area (Å²) in [5, 5.41) is 3.10. The first-order valence-corrected chi connectivity index (χ1v) is 7.65. The number of hydrogen-bond donors (Lipinski definition) is 1. The smallest absolute Gasteiger partial charge is 0.225 e. The van der Waals surface area contributed by atoms with E-state index in [1.165, 1.54) is 0 Å². The predicted octanol–water partition coefficient (Wildman–Crippen LogP) is 1.79. The molecule has 116 valence electrons. The monoisotopic (exact) mass is 300 g/mol. The van der Waals surface area contributed by atoms with E-state index in [0.29, 0.717) is 12.8 Å². The second-order valence-corrected chi connectivity index (χ2v) is 5.48. The van der Waals surface area contributed by atoms with E-state index in [1.807, 2.05) is 12.1 Å². The maximum atomic E-state index is 12.0. The molecule has 1 N–H and O–H groups in total. The van der Waals surface area contributed by atoms with Gasteiger partial charge in [0.15, 0.2) is 0 Å². The van der Waals surface area contributed by atoms with E-state index in [4.69, 9.17) is 4.42 Å². The Morgan fingerprint density at radius 2 is 2.23 bits per heavy atom. The number of aromatic nitrogens is 2. The molecule has 1 unspecified atom stereocenters. The quantitative estimate of drug-likeness (QED) is 0.911. The van der Waals surface area contributed by atoms with Crippen LogP contribution in [0.15, 0.2) is 41.3 Å². The molecule has 0 saturated carbocycles. The van der Waals surface area contributed by atoms with Gasteiger partial charge in [0.1, 0.15) is 5.76 Å². The van der Waals surface area contributed by atoms with Crippen molar-refractivity contribution in [3.8, 4) is 0 Å². The van der Waals surface area contributed by atoms with Crippen LogP contribution in [0.3, 0.4) is 0 Å². The van der Waals surface area contributed by atoms with E-state index in [9.17, 15) is 4.79 Å². The average Bonchev–Trinajstić information content (AvgIpc) is 3.08. The molecule has 0 aromatic carbocycles. The molecule has 3 heterocycles. The molecule has 2 aromatic heterocycles. The number of anilines is 1. The zero-order valence-corrected chi connectivity index (χ0v) is 12.4. The molecule has 1 aliphatic rings. The van der Waals surface area contributed by atoms with Gasteiger partial charge in [0.05, 0.1) is 6.26 Å². The number of nitrogens with zero attached hydrogens (tertiary/aromatic N) is 3. The Morgan fingerprint density at radius 1 is 1.36 bits per heavy atom. The third-order valence-corrected chi connectivity index (χ3v) is 3.80. The van der Waals surface area contributed by atoms with Gasteiger partial charge < -0.3 is 14.6 Å². The lowest BCUT2D eigenvalue weighted by Gasteiger charge is -2.33. The summed E-state index contributed by atoms with van der Waals surface area (Å²) in [6.07, 6.45) is 8.23. The number of rotatable bonds is 5. The highest BCUT2D eigenvalue weighted by atomic mass is 16.3. The van der Waals surface area contributed by atoms with Gasteiger partial charge in [-0.3, -0.25) is 4.79 Å². The molecule has 1 aliphatic heterocycles. The van der Waals surface area contributed by atoms with Gasteiger partial charge in [-0.05, 0) is 31.0 Å². The van der Waals surface area contributed by atoms with Crippen molar-refractivity contribution >= 4 is 11.9 Å². The van der Waals surface area contributed by atoms with Crippen LogP contribution in [0.1, 0.15) is 25.0 Å². The Kier molecular flexibility index (Phi) is 4.68. The summed E-state index contributed by atoms with van der Waals surface area (Å²) in [6.45, 7) is 1.69. The standard InChI is InChI=1S/C16H20N4O2/c21-15(7-6-14-5-2-11-22-14)19-13-4-1-10-20(12-13)16-17-8-3-9-18-16/h2-3,5,8-9,11,13H,1,4,6-7,10,12H2,(H,19,21). The Morgan fingerprint density at radius 3 is 3.00 bits per heavy atom. The zero-order valence-electron chi connectivity index (χ0n) is 12.4. The van der Waals surface area contributed by atoms with Crippen LogP contribution < -0.4 is 10.2 Å². The molecule has 22 heavy (non-hydrogen) atoms. The van der Waals surface area contributed by atoms with Crippen molar-refractivity contribution < 1.29 is 9.21 Å². The van der Waals surface area contributed by atoms with Crippen molar-refractivity contribution in [3.05, 3.63) is 42.6 Å². The summed E-state index contributed by atoms with van der Waals surface area (Å²) in [6, 6.07) is 5.69. The first-order chi connectivity index (χ1) is 10.8. The minimum atomic E-state index is 0.0669. The third kappa shape index (κ3) is 3.84. The highest BCUT2D eigenvalue weighted by Gasteiger charge is 2.22. The second kappa shape index (κ2) is 7.06. The van der Waals surface area contributed by atoms with Crippen molar-refractivity contribution in [2.24, 2.45) is 0 Å². The fourth-order valence-corrected chi connectivity index (χ4v) is 2.72. The van der Waals surface area contributed by atoms with Gasteiger partial charge in [-0.25, -0.2) is 9.97 Å². The molecule has 0 aliphatic carbocycles. The van der Waals surface area contributed by atoms with E-state index in [2.05, 4.69) is 20.2 Å². The van der Waals surface area contributed by atoms with Crippen LogP contribution in [-0.2, 0) is 11.2 Å². The molecule has 1 atom stereocenters. The Bertz CT molecular complexity index is 585. The lowest BCUT2D eigenvalue weighted by Crippen LogP contribution is -2.48. The Balaban J connectivity index is 1.48. The molecule has 0 bridgehead atoms. The molecule has 0 radical (unpaired) electrons.